The van der Waals surface area contributed by atoms with E-state index in [-0.39, 0.29) is 24.1 Å². The minimum absolute atomic E-state index is 0.0552. The molecule has 1 unspecified atom stereocenters. The maximum atomic E-state index is 12.7. The Morgan fingerprint density at radius 2 is 1.89 bits per heavy atom. The molecule has 2 heterocycles. The van der Waals surface area contributed by atoms with Crippen molar-refractivity contribution in [1.82, 2.24) is 24.6 Å². The Balaban J connectivity index is 1.90. The molecular formula is C20H25N5O2. The summed E-state index contributed by atoms with van der Waals surface area (Å²) < 4.78 is 2.96. The molecule has 0 aliphatic heterocycles. The van der Waals surface area contributed by atoms with Crippen molar-refractivity contribution in [2.45, 2.75) is 52.6 Å². The van der Waals surface area contributed by atoms with E-state index >= 15 is 0 Å². The molecule has 0 saturated heterocycles. The van der Waals surface area contributed by atoms with Gasteiger partial charge in [0.25, 0.3) is 5.56 Å². The number of nitrogens with one attached hydrogen (secondary N) is 1. The van der Waals surface area contributed by atoms with Crippen molar-refractivity contribution in [1.29, 1.82) is 0 Å². The second-order valence-electron chi connectivity index (χ2n) is 7.09. The van der Waals surface area contributed by atoms with Gasteiger partial charge in [-0.25, -0.2) is 9.67 Å². The molecule has 0 spiro atoms. The maximum Gasteiger partial charge on any atom is 0.264 e. The first-order valence-corrected chi connectivity index (χ1v) is 9.23. The zero-order valence-corrected chi connectivity index (χ0v) is 16.1. The Labute approximate surface area is 158 Å². The maximum absolute atomic E-state index is 12.7. The molecule has 1 amide bonds. The van der Waals surface area contributed by atoms with Crippen LogP contribution in [0.1, 0.15) is 45.6 Å². The van der Waals surface area contributed by atoms with E-state index in [1.807, 2.05) is 38.1 Å². The number of nitrogens with zero attached hydrogens (tertiary/aromatic N) is 4. The van der Waals surface area contributed by atoms with Crippen LogP contribution in [0.4, 0.5) is 0 Å². The highest BCUT2D eigenvalue weighted by Gasteiger charge is 2.14. The molecule has 7 nitrogen and oxygen atoms in total. The molecular weight excluding hydrogens is 342 g/mol. The minimum Gasteiger partial charge on any atom is -0.352 e. The normalized spacial score (nSPS) is 12.5. The fraction of sp³-hybridized carbons (Fsp3) is 0.400. The van der Waals surface area contributed by atoms with Crippen LogP contribution in [0.3, 0.4) is 0 Å². The summed E-state index contributed by atoms with van der Waals surface area (Å²) in [4.78, 5) is 29.1. The van der Waals surface area contributed by atoms with Crippen LogP contribution in [0.2, 0.25) is 0 Å². The minimum atomic E-state index is -0.274. The zero-order chi connectivity index (χ0) is 19.6. The molecule has 3 rings (SSSR count). The fourth-order valence-corrected chi connectivity index (χ4v) is 2.83. The van der Waals surface area contributed by atoms with Crippen LogP contribution in [0.15, 0.2) is 41.6 Å². The smallest absolute Gasteiger partial charge is 0.264 e. The first kappa shape index (κ1) is 18.8. The summed E-state index contributed by atoms with van der Waals surface area (Å²) >= 11 is 0. The molecule has 0 saturated carbocycles. The number of carbonyl (C=O) groups is 1. The molecule has 0 fully saturated rings. The van der Waals surface area contributed by atoms with Crippen molar-refractivity contribution in [2.24, 2.45) is 0 Å². The summed E-state index contributed by atoms with van der Waals surface area (Å²) in [6.45, 7) is 8.14. The van der Waals surface area contributed by atoms with Gasteiger partial charge in [0, 0.05) is 6.04 Å². The summed E-state index contributed by atoms with van der Waals surface area (Å²) in [5.41, 5.74) is 2.28. The average molecular weight is 367 g/mol. The summed E-state index contributed by atoms with van der Waals surface area (Å²) in [5, 5.41) is 7.57. The summed E-state index contributed by atoms with van der Waals surface area (Å²) in [6, 6.07) is 8.10. The van der Waals surface area contributed by atoms with Crippen molar-refractivity contribution in [3.8, 4) is 5.69 Å². The van der Waals surface area contributed by atoms with Gasteiger partial charge in [-0.05, 0) is 37.0 Å². The van der Waals surface area contributed by atoms with Gasteiger partial charge in [0.1, 0.15) is 18.3 Å². The molecule has 1 atom stereocenters. The van der Waals surface area contributed by atoms with Crippen molar-refractivity contribution in [3.05, 3.63) is 52.7 Å². The molecule has 1 N–H and O–H groups in total. The number of aromatic nitrogens is 4. The lowest BCUT2D eigenvalue weighted by molar-refractivity contribution is -0.122. The lowest BCUT2D eigenvalue weighted by Gasteiger charge is -2.12. The number of hydrogen-bond donors (Lipinski definition) is 1. The highest BCUT2D eigenvalue weighted by atomic mass is 16.2. The predicted octanol–water partition coefficient (Wildman–Crippen LogP) is 2.62. The largest absolute Gasteiger partial charge is 0.352 e. The second-order valence-corrected chi connectivity index (χ2v) is 7.09. The van der Waals surface area contributed by atoms with Crippen LogP contribution in [-0.4, -0.2) is 31.3 Å². The molecule has 3 aromatic rings. The van der Waals surface area contributed by atoms with E-state index in [2.05, 4.69) is 29.2 Å². The number of benzene rings is 1. The SMILES string of the molecule is CCC(C)NC(=O)Cn1cnc2c(cnn2-c2ccc(C(C)C)cc2)c1=O. The van der Waals surface area contributed by atoms with Crippen LogP contribution < -0.4 is 10.9 Å². The predicted molar refractivity (Wildman–Crippen MR) is 105 cm³/mol. The van der Waals surface area contributed by atoms with Crippen molar-refractivity contribution in [2.75, 3.05) is 0 Å². The summed E-state index contributed by atoms with van der Waals surface area (Å²) in [7, 11) is 0. The Bertz CT molecular complexity index is 1000. The number of carbonyl (C=O) groups excluding carboxylic acids is 1. The lowest BCUT2D eigenvalue weighted by Crippen LogP contribution is -2.37. The van der Waals surface area contributed by atoms with Crippen molar-refractivity contribution < 1.29 is 4.79 Å². The molecule has 2 aromatic heterocycles. The summed E-state index contributed by atoms with van der Waals surface area (Å²) in [5.74, 6) is 0.240. The average Bonchev–Trinajstić information content (AvgIpc) is 3.08. The van der Waals surface area contributed by atoms with E-state index in [1.165, 1.54) is 22.7 Å². The van der Waals surface area contributed by atoms with E-state index < -0.39 is 0 Å². The Morgan fingerprint density at radius 1 is 1.19 bits per heavy atom. The first-order chi connectivity index (χ1) is 12.9. The fourth-order valence-electron chi connectivity index (χ4n) is 2.83. The quantitative estimate of drug-likeness (QED) is 0.726. The number of rotatable bonds is 6. The zero-order valence-electron chi connectivity index (χ0n) is 16.1. The third-order valence-corrected chi connectivity index (χ3v) is 4.69. The molecule has 142 valence electrons. The van der Waals surface area contributed by atoms with E-state index in [0.717, 1.165) is 12.1 Å². The van der Waals surface area contributed by atoms with E-state index in [4.69, 9.17) is 0 Å². The number of fused-ring (bicyclic) bond motifs is 1. The summed E-state index contributed by atoms with van der Waals surface area (Å²) in [6.07, 6.45) is 3.74. The Kier molecular flexibility index (Phi) is 5.39. The first-order valence-electron chi connectivity index (χ1n) is 9.23. The Hall–Kier alpha value is -2.96. The standard InChI is InChI=1S/C20H25N5O2/c1-5-14(4)23-18(26)11-24-12-21-19-17(20(24)27)10-22-25(19)16-8-6-15(7-9-16)13(2)3/h6-10,12-14H,5,11H2,1-4H3,(H,23,26). The molecule has 0 aliphatic carbocycles. The van der Waals surface area contributed by atoms with Crippen LogP contribution >= 0.6 is 0 Å². The van der Waals surface area contributed by atoms with Crippen molar-refractivity contribution in [3.63, 3.8) is 0 Å². The second kappa shape index (κ2) is 7.73. The van der Waals surface area contributed by atoms with Crippen LogP contribution in [-0.2, 0) is 11.3 Å². The van der Waals surface area contributed by atoms with Crippen LogP contribution in [0, 0.1) is 0 Å². The van der Waals surface area contributed by atoms with Gasteiger partial charge in [-0.15, -0.1) is 0 Å². The van der Waals surface area contributed by atoms with Gasteiger partial charge in [-0.2, -0.15) is 5.10 Å². The monoisotopic (exact) mass is 367 g/mol. The van der Waals surface area contributed by atoms with Crippen molar-refractivity contribution >= 4 is 16.9 Å². The highest BCUT2D eigenvalue weighted by Crippen LogP contribution is 2.18. The molecule has 1 aromatic carbocycles. The Morgan fingerprint density at radius 3 is 2.52 bits per heavy atom. The van der Waals surface area contributed by atoms with Gasteiger partial charge < -0.3 is 5.32 Å². The van der Waals surface area contributed by atoms with Gasteiger partial charge in [-0.1, -0.05) is 32.9 Å². The van der Waals surface area contributed by atoms with Gasteiger partial charge in [0.2, 0.25) is 5.91 Å². The van der Waals surface area contributed by atoms with Gasteiger partial charge in [-0.3, -0.25) is 14.2 Å². The van der Waals surface area contributed by atoms with E-state index in [0.29, 0.717) is 17.0 Å². The van der Waals surface area contributed by atoms with Crippen LogP contribution in [0.25, 0.3) is 16.7 Å². The van der Waals surface area contributed by atoms with Gasteiger partial charge >= 0.3 is 0 Å². The van der Waals surface area contributed by atoms with E-state index in [1.54, 1.807) is 4.68 Å². The number of hydrogen-bond acceptors (Lipinski definition) is 4. The third-order valence-electron chi connectivity index (χ3n) is 4.69. The van der Waals surface area contributed by atoms with E-state index in [9.17, 15) is 9.59 Å². The molecule has 27 heavy (non-hydrogen) atoms. The van der Waals surface area contributed by atoms with Gasteiger partial charge in [0.15, 0.2) is 5.65 Å². The third kappa shape index (κ3) is 3.92. The van der Waals surface area contributed by atoms with Crippen LogP contribution in [0.5, 0.6) is 0 Å². The number of amides is 1. The lowest BCUT2D eigenvalue weighted by atomic mass is 10.0. The molecule has 7 heteroatoms. The highest BCUT2D eigenvalue weighted by molar-refractivity contribution is 5.78. The molecule has 0 radical (unpaired) electrons. The van der Waals surface area contributed by atoms with Gasteiger partial charge in [0.05, 0.1) is 11.9 Å². The topological polar surface area (TPSA) is 81.8 Å². The molecule has 0 bridgehead atoms. The molecule has 0 aliphatic rings.